The van der Waals surface area contributed by atoms with Crippen molar-refractivity contribution in [3.05, 3.63) is 0 Å². The Hall–Kier alpha value is -0.260. The van der Waals surface area contributed by atoms with Crippen LogP contribution in [0.15, 0.2) is 0 Å². The molecule has 1 aliphatic rings. The van der Waals surface area contributed by atoms with Gasteiger partial charge in [0.25, 0.3) is 0 Å². The van der Waals surface area contributed by atoms with Crippen molar-refractivity contribution in [3.8, 4) is 0 Å². The molecule has 0 spiro atoms. The molecule has 3 N–H and O–H groups in total. The molecule has 4 nitrogen and oxygen atoms in total. The average Bonchev–Trinajstić information content (AvgIpc) is 2.42. The number of nitrogens with one attached hydrogen (secondary N) is 1. The summed E-state index contributed by atoms with van der Waals surface area (Å²) in [6.07, 6.45) is 5.18. The van der Waals surface area contributed by atoms with Crippen molar-refractivity contribution in [1.82, 2.24) is 10.2 Å². The van der Waals surface area contributed by atoms with Crippen molar-refractivity contribution in [2.75, 3.05) is 38.2 Å². The lowest BCUT2D eigenvalue weighted by Crippen LogP contribution is -2.44. The number of hydrogen-bond acceptors (Lipinski definition) is 4. The van der Waals surface area contributed by atoms with Gasteiger partial charge in [-0.15, -0.1) is 0 Å². The van der Waals surface area contributed by atoms with E-state index in [1.54, 1.807) is 11.8 Å². The number of nitrogens with zero attached hydrogens (tertiary/aromatic N) is 1. The summed E-state index contributed by atoms with van der Waals surface area (Å²) in [6, 6.07) is -0.340. The Kier molecular flexibility index (Phi) is 7.70. The number of piperidine rings is 1. The lowest BCUT2D eigenvalue weighted by molar-refractivity contribution is -0.122. The monoisotopic (exact) mass is 273 g/mol. The van der Waals surface area contributed by atoms with Crippen molar-refractivity contribution >= 4 is 17.7 Å². The van der Waals surface area contributed by atoms with Crippen LogP contribution in [-0.2, 0) is 4.79 Å². The lowest BCUT2D eigenvalue weighted by atomic mass is 9.96. The molecule has 0 aliphatic carbocycles. The predicted molar refractivity (Wildman–Crippen MR) is 78.8 cm³/mol. The minimum Gasteiger partial charge on any atom is -0.354 e. The molecule has 0 radical (unpaired) electrons. The van der Waals surface area contributed by atoms with Crippen molar-refractivity contribution in [2.45, 2.75) is 32.2 Å². The van der Waals surface area contributed by atoms with E-state index in [2.05, 4.69) is 17.1 Å². The van der Waals surface area contributed by atoms with Crippen molar-refractivity contribution in [2.24, 2.45) is 11.7 Å². The van der Waals surface area contributed by atoms with Gasteiger partial charge in [0.2, 0.25) is 5.91 Å². The number of nitrogens with two attached hydrogens (primary N) is 1. The molecular formula is C13H27N3OS. The smallest absolute Gasteiger partial charge is 0.236 e. The summed E-state index contributed by atoms with van der Waals surface area (Å²) in [6.45, 7) is 6.46. The first kappa shape index (κ1) is 15.8. The van der Waals surface area contributed by atoms with E-state index in [0.29, 0.717) is 5.92 Å². The van der Waals surface area contributed by atoms with Gasteiger partial charge < -0.3 is 16.0 Å². The van der Waals surface area contributed by atoms with Crippen LogP contribution in [-0.4, -0.2) is 55.0 Å². The molecule has 1 heterocycles. The Morgan fingerprint density at radius 1 is 1.50 bits per heavy atom. The summed E-state index contributed by atoms with van der Waals surface area (Å²) in [7, 11) is 0. The molecule has 0 saturated carbocycles. The van der Waals surface area contributed by atoms with Crippen molar-refractivity contribution in [3.63, 3.8) is 0 Å². The Labute approximate surface area is 115 Å². The molecule has 18 heavy (non-hydrogen) atoms. The van der Waals surface area contributed by atoms with E-state index >= 15 is 0 Å². The lowest BCUT2D eigenvalue weighted by Gasteiger charge is -2.31. The van der Waals surface area contributed by atoms with Crippen LogP contribution < -0.4 is 11.1 Å². The van der Waals surface area contributed by atoms with E-state index in [4.69, 9.17) is 5.73 Å². The van der Waals surface area contributed by atoms with Crippen LogP contribution in [0.4, 0.5) is 0 Å². The molecule has 1 fully saturated rings. The fourth-order valence-corrected chi connectivity index (χ4v) is 2.75. The largest absolute Gasteiger partial charge is 0.354 e. The zero-order chi connectivity index (χ0) is 13.4. The van der Waals surface area contributed by atoms with E-state index in [-0.39, 0.29) is 11.9 Å². The summed E-state index contributed by atoms with van der Waals surface area (Å²) in [5, 5.41) is 3.00. The van der Waals surface area contributed by atoms with E-state index < -0.39 is 0 Å². The average molecular weight is 273 g/mol. The third-order valence-electron chi connectivity index (χ3n) is 3.69. The van der Waals surface area contributed by atoms with Gasteiger partial charge >= 0.3 is 0 Å². The normalized spacial score (nSPS) is 19.7. The first-order valence-electron chi connectivity index (χ1n) is 6.92. The molecule has 1 aliphatic heterocycles. The van der Waals surface area contributed by atoms with Crippen LogP contribution >= 0.6 is 11.8 Å². The minimum atomic E-state index is -0.340. The fraction of sp³-hybridized carbons (Fsp3) is 0.923. The van der Waals surface area contributed by atoms with Gasteiger partial charge in [0.05, 0.1) is 6.04 Å². The molecule has 0 aromatic rings. The Morgan fingerprint density at radius 3 is 2.72 bits per heavy atom. The van der Waals surface area contributed by atoms with Crippen LogP contribution in [0.2, 0.25) is 0 Å². The van der Waals surface area contributed by atoms with Gasteiger partial charge in [-0.3, -0.25) is 4.79 Å². The van der Waals surface area contributed by atoms with Crippen molar-refractivity contribution < 1.29 is 4.79 Å². The van der Waals surface area contributed by atoms with Crippen LogP contribution in [0.3, 0.4) is 0 Å². The molecule has 0 aromatic heterocycles. The highest BCUT2D eigenvalue weighted by atomic mass is 32.2. The molecule has 5 heteroatoms. The zero-order valence-electron chi connectivity index (χ0n) is 11.7. The standard InChI is InChI=1S/C13H27N3OS/c1-3-16-7-4-11(5-8-16)10-15-13(17)12(14)6-9-18-2/h11-12H,3-10,14H2,1-2H3,(H,15,17)/t12-/m1/s1. The summed E-state index contributed by atoms with van der Waals surface area (Å²) >= 11 is 1.73. The fourth-order valence-electron chi connectivity index (χ4n) is 2.26. The molecule has 1 amide bonds. The zero-order valence-corrected chi connectivity index (χ0v) is 12.5. The van der Waals surface area contributed by atoms with Crippen LogP contribution in [0.25, 0.3) is 0 Å². The van der Waals surface area contributed by atoms with E-state index in [9.17, 15) is 4.79 Å². The highest BCUT2D eigenvalue weighted by molar-refractivity contribution is 7.98. The maximum absolute atomic E-state index is 11.8. The van der Waals surface area contributed by atoms with Crippen LogP contribution in [0.5, 0.6) is 0 Å². The summed E-state index contributed by atoms with van der Waals surface area (Å²) in [5.74, 6) is 1.59. The summed E-state index contributed by atoms with van der Waals surface area (Å²) in [5.41, 5.74) is 5.83. The number of carbonyl (C=O) groups excluding carboxylic acids is 1. The van der Waals surface area contributed by atoms with Crippen LogP contribution in [0.1, 0.15) is 26.2 Å². The number of hydrogen-bond donors (Lipinski definition) is 2. The van der Waals surface area contributed by atoms with Crippen molar-refractivity contribution in [1.29, 1.82) is 0 Å². The topological polar surface area (TPSA) is 58.4 Å². The van der Waals surface area contributed by atoms with Gasteiger partial charge in [0.15, 0.2) is 0 Å². The second kappa shape index (κ2) is 8.77. The molecule has 1 atom stereocenters. The van der Waals surface area contributed by atoms with E-state index in [1.807, 2.05) is 6.26 Å². The molecule has 106 valence electrons. The Morgan fingerprint density at radius 2 is 2.17 bits per heavy atom. The first-order valence-corrected chi connectivity index (χ1v) is 8.31. The Balaban J connectivity index is 2.15. The van der Waals surface area contributed by atoms with E-state index in [1.165, 1.54) is 12.8 Å². The number of amides is 1. The maximum atomic E-state index is 11.8. The highest BCUT2D eigenvalue weighted by Crippen LogP contribution is 2.15. The maximum Gasteiger partial charge on any atom is 0.236 e. The minimum absolute atomic E-state index is 0.0157. The molecule has 0 bridgehead atoms. The number of thioether (sulfide) groups is 1. The SMILES string of the molecule is CCN1CCC(CNC(=O)[C@H](N)CCSC)CC1. The van der Waals surface area contributed by atoms with Gasteiger partial charge in [-0.1, -0.05) is 6.92 Å². The quantitative estimate of drug-likeness (QED) is 0.724. The second-order valence-corrected chi connectivity index (χ2v) is 6.00. The molecule has 1 rings (SSSR count). The highest BCUT2D eigenvalue weighted by Gasteiger charge is 2.19. The molecule has 1 saturated heterocycles. The Bertz CT molecular complexity index is 242. The summed E-state index contributed by atoms with van der Waals surface area (Å²) in [4.78, 5) is 14.2. The number of carbonyl (C=O) groups is 1. The predicted octanol–water partition coefficient (Wildman–Crippen LogP) is 0.915. The van der Waals surface area contributed by atoms with Gasteiger partial charge in [-0.05, 0) is 56.8 Å². The number of rotatable bonds is 7. The first-order chi connectivity index (χ1) is 8.67. The third-order valence-corrected chi connectivity index (χ3v) is 4.33. The van der Waals surface area contributed by atoms with Gasteiger partial charge in [0.1, 0.15) is 0 Å². The number of likely N-dealkylation sites (tertiary alicyclic amines) is 1. The second-order valence-electron chi connectivity index (χ2n) is 5.01. The van der Waals surface area contributed by atoms with Gasteiger partial charge in [-0.25, -0.2) is 0 Å². The molecule has 0 aromatic carbocycles. The van der Waals surface area contributed by atoms with Gasteiger partial charge in [-0.2, -0.15) is 11.8 Å². The van der Waals surface area contributed by atoms with Crippen LogP contribution in [0, 0.1) is 5.92 Å². The van der Waals surface area contributed by atoms with E-state index in [0.717, 1.165) is 38.4 Å². The molecule has 0 unspecified atom stereocenters. The summed E-state index contributed by atoms with van der Waals surface area (Å²) < 4.78 is 0. The van der Waals surface area contributed by atoms with Gasteiger partial charge in [0, 0.05) is 6.54 Å². The third kappa shape index (κ3) is 5.59. The molecular weight excluding hydrogens is 246 g/mol.